The summed E-state index contributed by atoms with van der Waals surface area (Å²) in [5.74, 6) is 1.41. The molecule has 1 aliphatic carbocycles. The zero-order valence-electron chi connectivity index (χ0n) is 29.7. The van der Waals surface area contributed by atoms with Gasteiger partial charge in [0, 0.05) is 69.4 Å². The lowest BCUT2D eigenvalue weighted by molar-refractivity contribution is 0.0240. The van der Waals surface area contributed by atoms with Crippen molar-refractivity contribution in [1.29, 1.82) is 5.26 Å². The van der Waals surface area contributed by atoms with Crippen LogP contribution in [-0.4, -0.2) is 119 Å². The van der Waals surface area contributed by atoms with Crippen molar-refractivity contribution in [3.63, 3.8) is 0 Å². The first-order valence-electron chi connectivity index (χ1n) is 16.9. The lowest BCUT2D eigenvalue weighted by Crippen LogP contribution is -2.50. The van der Waals surface area contributed by atoms with E-state index in [1.165, 1.54) is 0 Å². The molecule has 0 saturated carbocycles. The minimum absolute atomic E-state index is 0.0649. The Morgan fingerprint density at radius 1 is 1.20 bits per heavy atom. The first-order valence-corrected chi connectivity index (χ1v) is 17.7. The molecule has 49 heavy (non-hydrogen) atoms. The molecule has 1 amide bonds. The number of aryl methyl sites for hydroxylation is 1. The Morgan fingerprint density at radius 3 is 2.61 bits per heavy atom. The number of aliphatic imine (C=N–C) groups is 1. The van der Waals surface area contributed by atoms with Gasteiger partial charge < -0.3 is 28.7 Å². The van der Waals surface area contributed by atoms with E-state index in [0.717, 1.165) is 42.7 Å². The van der Waals surface area contributed by atoms with E-state index < -0.39 is 11.0 Å². The molecule has 0 unspecified atom stereocenters. The van der Waals surface area contributed by atoms with Crippen molar-refractivity contribution in [2.24, 2.45) is 4.99 Å². The maximum atomic E-state index is 12.7. The number of nitrogens with zero attached hydrogens (tertiary/aromatic N) is 10. The van der Waals surface area contributed by atoms with Crippen LogP contribution in [0.3, 0.4) is 0 Å². The molecule has 2 fully saturated rings. The van der Waals surface area contributed by atoms with E-state index >= 15 is 0 Å². The van der Waals surface area contributed by atoms with Gasteiger partial charge in [-0.2, -0.15) is 20.2 Å². The van der Waals surface area contributed by atoms with Crippen molar-refractivity contribution in [2.45, 2.75) is 83.5 Å². The summed E-state index contributed by atoms with van der Waals surface area (Å²) in [5.41, 5.74) is 0.729. The van der Waals surface area contributed by atoms with E-state index in [9.17, 15) is 10.1 Å². The molecule has 0 spiro atoms. The number of carbonyl (C=O) groups is 1. The van der Waals surface area contributed by atoms with Gasteiger partial charge in [0.2, 0.25) is 11.7 Å². The molecule has 6 rings (SSSR count). The van der Waals surface area contributed by atoms with Gasteiger partial charge in [-0.05, 0) is 67.3 Å². The minimum Gasteiger partial charge on any atom is -0.458 e. The first-order chi connectivity index (χ1) is 23.3. The van der Waals surface area contributed by atoms with Crippen molar-refractivity contribution < 1.29 is 18.8 Å². The molecule has 14 nitrogen and oxygen atoms in total. The smallest absolute Gasteiger partial charge is 0.410 e. The van der Waals surface area contributed by atoms with Crippen LogP contribution in [-0.2, 0) is 16.6 Å². The van der Waals surface area contributed by atoms with E-state index in [1.54, 1.807) is 22.6 Å². The monoisotopic (exact) mass is 690 g/mol. The number of thiophene rings is 1. The number of fused-ring (bicyclic) bond motifs is 1. The average molecular weight is 691 g/mol. The van der Waals surface area contributed by atoms with Crippen LogP contribution >= 0.6 is 11.3 Å². The van der Waals surface area contributed by atoms with Crippen LogP contribution in [0.4, 0.5) is 15.6 Å². The van der Waals surface area contributed by atoms with Gasteiger partial charge in [0.05, 0.1) is 17.3 Å². The van der Waals surface area contributed by atoms with Gasteiger partial charge in [0.15, 0.2) is 0 Å². The number of piperazine rings is 1. The summed E-state index contributed by atoms with van der Waals surface area (Å²) in [7, 11) is 5.89. The molecule has 2 saturated heterocycles. The molecule has 262 valence electrons. The van der Waals surface area contributed by atoms with Gasteiger partial charge in [-0.3, -0.25) is 4.90 Å². The number of rotatable bonds is 7. The van der Waals surface area contributed by atoms with E-state index in [0.29, 0.717) is 60.0 Å². The molecule has 0 radical (unpaired) electrons. The molecule has 3 aliphatic rings. The number of ether oxygens (including phenoxy) is 2. The van der Waals surface area contributed by atoms with Gasteiger partial charge in [-0.1, -0.05) is 5.16 Å². The van der Waals surface area contributed by atoms with Crippen LogP contribution in [0.1, 0.15) is 75.8 Å². The van der Waals surface area contributed by atoms with Crippen molar-refractivity contribution in [1.82, 2.24) is 34.8 Å². The molecule has 3 aromatic rings. The van der Waals surface area contributed by atoms with Crippen LogP contribution in [0.2, 0.25) is 0 Å². The third kappa shape index (κ3) is 7.21. The second-order valence-electron chi connectivity index (χ2n) is 14.5. The fourth-order valence-electron chi connectivity index (χ4n) is 6.62. The Labute approximate surface area is 291 Å². The number of hydrogen-bond acceptors (Lipinski definition) is 13. The van der Waals surface area contributed by atoms with Gasteiger partial charge >= 0.3 is 12.1 Å². The Kier molecular flexibility index (Phi) is 9.56. The van der Waals surface area contributed by atoms with E-state index in [-0.39, 0.29) is 24.2 Å². The number of hydrogen-bond donors (Lipinski definition) is 0. The highest BCUT2D eigenvalue weighted by atomic mass is 32.1. The second kappa shape index (κ2) is 13.5. The van der Waals surface area contributed by atoms with E-state index in [1.807, 2.05) is 45.8 Å². The zero-order chi connectivity index (χ0) is 35.1. The summed E-state index contributed by atoms with van der Waals surface area (Å²) in [6.07, 6.45) is 4.74. The summed E-state index contributed by atoms with van der Waals surface area (Å²) in [5, 5.41) is 15.4. The maximum Gasteiger partial charge on any atom is 0.410 e. The largest absolute Gasteiger partial charge is 0.458 e. The van der Waals surface area contributed by atoms with Gasteiger partial charge in [-0.25, -0.2) is 9.79 Å². The third-order valence-electron chi connectivity index (χ3n) is 9.44. The lowest BCUT2D eigenvalue weighted by Gasteiger charge is -2.36. The molecular formula is C34H46N10O4S. The standard InChI is InChI=1S/C34H46N10O4S/c1-21-24(11-13-42(21)8)46-31-37-23(18-26(38-31)43-14-16-44(17-15-43)32(45)47-33(2,3)4)28-39-30(48-40-28)34(5)12-9-10-25-27(34)22(19-35)29(49-25)36-20-41(6)7/h18,20-21,24H,9-17H2,1-8H3/t21-,24-,34-/m0/s1. The van der Waals surface area contributed by atoms with Crippen molar-refractivity contribution >= 4 is 34.6 Å². The van der Waals surface area contributed by atoms with Crippen LogP contribution in [0, 0.1) is 11.3 Å². The summed E-state index contributed by atoms with van der Waals surface area (Å²) >= 11 is 1.55. The predicted molar refractivity (Wildman–Crippen MR) is 187 cm³/mol. The summed E-state index contributed by atoms with van der Waals surface area (Å²) < 4.78 is 18.0. The number of likely N-dealkylation sites (tertiary alicyclic amines) is 1. The molecular weight excluding hydrogens is 645 g/mol. The summed E-state index contributed by atoms with van der Waals surface area (Å²) in [6.45, 7) is 12.8. The summed E-state index contributed by atoms with van der Waals surface area (Å²) in [4.78, 5) is 40.9. The Bertz CT molecular complexity index is 1750. The van der Waals surface area contributed by atoms with Crippen molar-refractivity contribution in [3.05, 3.63) is 28.0 Å². The number of amides is 1. The highest BCUT2D eigenvalue weighted by Crippen LogP contribution is 2.50. The molecule has 5 heterocycles. The van der Waals surface area contributed by atoms with Gasteiger partial charge in [0.1, 0.15) is 34.3 Å². The van der Waals surface area contributed by atoms with Crippen LogP contribution in [0.5, 0.6) is 6.01 Å². The second-order valence-corrected chi connectivity index (χ2v) is 15.6. The quantitative estimate of drug-likeness (QED) is 0.246. The molecule has 0 bridgehead atoms. The fraction of sp³-hybridized carbons (Fsp3) is 0.618. The normalized spacial score (nSPS) is 23.1. The maximum absolute atomic E-state index is 12.7. The first kappa shape index (κ1) is 34.6. The molecule has 3 atom stereocenters. The van der Waals surface area contributed by atoms with E-state index in [4.69, 9.17) is 28.9 Å². The minimum atomic E-state index is -0.663. The number of carbonyl (C=O) groups excluding carboxylic acids is 1. The van der Waals surface area contributed by atoms with E-state index in [2.05, 4.69) is 46.9 Å². The predicted octanol–water partition coefficient (Wildman–Crippen LogP) is 4.85. The van der Waals surface area contributed by atoms with Crippen molar-refractivity contribution in [3.8, 4) is 23.6 Å². The van der Waals surface area contributed by atoms with Crippen LogP contribution < -0.4 is 9.64 Å². The van der Waals surface area contributed by atoms with Gasteiger partial charge in [0.25, 0.3) is 0 Å². The van der Waals surface area contributed by atoms with Gasteiger partial charge in [-0.15, -0.1) is 11.3 Å². The molecule has 0 aromatic carbocycles. The molecule has 3 aromatic heterocycles. The Hall–Kier alpha value is -4.29. The fourth-order valence-corrected chi connectivity index (χ4v) is 7.88. The topological polar surface area (TPSA) is 149 Å². The molecule has 0 N–H and O–H groups in total. The average Bonchev–Trinajstić information content (AvgIpc) is 3.78. The lowest BCUT2D eigenvalue weighted by atomic mass is 9.72. The Morgan fingerprint density at radius 2 is 1.96 bits per heavy atom. The van der Waals surface area contributed by atoms with Crippen LogP contribution in [0.25, 0.3) is 11.5 Å². The summed E-state index contributed by atoms with van der Waals surface area (Å²) in [6, 6.07) is 4.72. The molecule has 15 heteroatoms. The third-order valence-corrected chi connectivity index (χ3v) is 10.6. The van der Waals surface area contributed by atoms with Crippen LogP contribution in [0.15, 0.2) is 15.6 Å². The highest BCUT2D eigenvalue weighted by Gasteiger charge is 2.43. The number of likely N-dealkylation sites (N-methyl/N-ethyl adjacent to an activating group) is 1. The van der Waals surface area contributed by atoms with Crippen molar-refractivity contribution in [2.75, 3.05) is 58.8 Å². The highest BCUT2D eigenvalue weighted by molar-refractivity contribution is 7.16. The number of nitriles is 1. The number of aromatic nitrogens is 4. The zero-order valence-corrected chi connectivity index (χ0v) is 30.5. The number of anilines is 1. The SMILES string of the molecule is C[C@H]1[C@@H](Oc2nc(-c3noc([C@@]4(C)CCCc5sc(N=CN(C)C)c(C#N)c54)n3)cc(N3CCN(C(=O)OC(C)(C)C)CC3)n2)CCN1C. The Balaban J connectivity index is 1.32. The molecule has 2 aliphatic heterocycles.